The molecule has 0 bridgehead atoms. The van der Waals surface area contributed by atoms with Gasteiger partial charge >= 0.3 is 0 Å². The lowest BCUT2D eigenvalue weighted by molar-refractivity contribution is 0.307. The van der Waals surface area contributed by atoms with Gasteiger partial charge in [0.15, 0.2) is 0 Å². The van der Waals surface area contributed by atoms with Crippen LogP contribution < -0.4 is 0 Å². The van der Waals surface area contributed by atoms with E-state index < -0.39 is 0 Å². The van der Waals surface area contributed by atoms with Crippen molar-refractivity contribution in [3.63, 3.8) is 0 Å². The van der Waals surface area contributed by atoms with Crippen molar-refractivity contribution < 1.29 is 4.39 Å². The normalized spacial score (nSPS) is 15.8. The van der Waals surface area contributed by atoms with Crippen LogP contribution in [0.2, 0.25) is 0 Å². The standard InChI is InChI=1S/C16H19FN2/c1-11-10-19(16(2,3)13-7-8-13)15(18-11)12-5-4-6-14(17)9-12/h4-6,9-10,13H,7-8H2,1-3H3. The molecule has 1 fully saturated rings. The van der Waals surface area contributed by atoms with Gasteiger partial charge in [0.2, 0.25) is 0 Å². The molecule has 0 saturated heterocycles. The van der Waals surface area contributed by atoms with E-state index in [0.29, 0.717) is 5.92 Å². The fourth-order valence-electron chi connectivity index (χ4n) is 2.75. The van der Waals surface area contributed by atoms with Crippen LogP contribution in [0.1, 0.15) is 32.4 Å². The molecule has 19 heavy (non-hydrogen) atoms. The number of aromatic nitrogens is 2. The number of hydrogen-bond acceptors (Lipinski definition) is 1. The summed E-state index contributed by atoms with van der Waals surface area (Å²) < 4.78 is 15.6. The van der Waals surface area contributed by atoms with E-state index in [9.17, 15) is 4.39 Å². The lowest BCUT2D eigenvalue weighted by Gasteiger charge is -2.28. The molecule has 1 saturated carbocycles. The van der Waals surface area contributed by atoms with Crippen LogP contribution >= 0.6 is 0 Å². The summed E-state index contributed by atoms with van der Waals surface area (Å²) in [5.74, 6) is 1.36. The van der Waals surface area contributed by atoms with E-state index in [1.54, 1.807) is 12.1 Å². The van der Waals surface area contributed by atoms with Crippen molar-refractivity contribution >= 4 is 0 Å². The molecule has 0 unspecified atom stereocenters. The third-order valence-electron chi connectivity index (χ3n) is 4.11. The molecule has 0 N–H and O–H groups in total. The predicted molar refractivity (Wildman–Crippen MR) is 74.4 cm³/mol. The van der Waals surface area contributed by atoms with E-state index in [1.807, 2.05) is 13.0 Å². The Labute approximate surface area is 113 Å². The van der Waals surface area contributed by atoms with Crippen LogP contribution in [0.25, 0.3) is 11.4 Å². The highest BCUT2D eigenvalue weighted by Crippen LogP contribution is 2.45. The van der Waals surface area contributed by atoms with Crippen LogP contribution in [0.5, 0.6) is 0 Å². The summed E-state index contributed by atoms with van der Waals surface area (Å²) in [6.45, 7) is 6.48. The minimum absolute atomic E-state index is 0.0446. The highest BCUT2D eigenvalue weighted by molar-refractivity contribution is 5.56. The first kappa shape index (κ1) is 12.4. The molecule has 0 atom stereocenters. The highest BCUT2D eigenvalue weighted by Gasteiger charge is 2.40. The van der Waals surface area contributed by atoms with E-state index >= 15 is 0 Å². The second-order valence-electron chi connectivity index (χ2n) is 6.01. The molecule has 0 aliphatic heterocycles. The van der Waals surface area contributed by atoms with E-state index in [1.165, 1.54) is 18.9 Å². The van der Waals surface area contributed by atoms with E-state index in [0.717, 1.165) is 17.1 Å². The summed E-state index contributed by atoms with van der Waals surface area (Å²) >= 11 is 0. The zero-order valence-electron chi connectivity index (χ0n) is 11.7. The maximum Gasteiger partial charge on any atom is 0.140 e. The Bertz CT molecular complexity index is 609. The first-order valence-corrected chi connectivity index (χ1v) is 6.81. The van der Waals surface area contributed by atoms with Gasteiger partial charge in [-0.15, -0.1) is 0 Å². The molecule has 1 aromatic carbocycles. The maximum absolute atomic E-state index is 13.4. The van der Waals surface area contributed by atoms with Crippen molar-refractivity contribution in [2.24, 2.45) is 5.92 Å². The Morgan fingerprint density at radius 2 is 2.05 bits per heavy atom. The minimum Gasteiger partial charge on any atom is -0.325 e. The number of benzene rings is 1. The molecule has 2 nitrogen and oxygen atoms in total. The van der Waals surface area contributed by atoms with Gasteiger partial charge in [-0.2, -0.15) is 0 Å². The molecule has 0 amide bonds. The van der Waals surface area contributed by atoms with Crippen LogP contribution in [0, 0.1) is 18.7 Å². The lowest BCUT2D eigenvalue weighted by atomic mass is 9.97. The molecule has 1 heterocycles. The van der Waals surface area contributed by atoms with Crippen LogP contribution in [-0.4, -0.2) is 9.55 Å². The van der Waals surface area contributed by atoms with Gasteiger partial charge < -0.3 is 4.57 Å². The van der Waals surface area contributed by atoms with E-state index in [4.69, 9.17) is 0 Å². The van der Waals surface area contributed by atoms with Gasteiger partial charge in [-0.3, -0.25) is 0 Å². The fourth-order valence-corrected chi connectivity index (χ4v) is 2.75. The van der Waals surface area contributed by atoms with Gasteiger partial charge in [0.25, 0.3) is 0 Å². The van der Waals surface area contributed by atoms with Gasteiger partial charge in [-0.1, -0.05) is 12.1 Å². The summed E-state index contributed by atoms with van der Waals surface area (Å²) in [5.41, 5.74) is 1.87. The SMILES string of the molecule is Cc1cn(C(C)(C)C2CC2)c(-c2cccc(F)c2)n1. The highest BCUT2D eigenvalue weighted by atomic mass is 19.1. The van der Waals surface area contributed by atoms with Crippen molar-refractivity contribution in [3.8, 4) is 11.4 Å². The summed E-state index contributed by atoms with van der Waals surface area (Å²) in [6, 6.07) is 6.68. The molecule has 0 radical (unpaired) electrons. The first-order valence-electron chi connectivity index (χ1n) is 6.81. The van der Waals surface area contributed by atoms with Crippen molar-refractivity contribution in [2.75, 3.05) is 0 Å². The van der Waals surface area contributed by atoms with Gasteiger partial charge in [-0.05, 0) is 51.7 Å². The van der Waals surface area contributed by atoms with Crippen LogP contribution in [0.4, 0.5) is 4.39 Å². The van der Waals surface area contributed by atoms with Gasteiger partial charge in [0.1, 0.15) is 11.6 Å². The van der Waals surface area contributed by atoms with Gasteiger partial charge in [0.05, 0.1) is 5.69 Å². The number of hydrogen-bond donors (Lipinski definition) is 0. The van der Waals surface area contributed by atoms with Crippen molar-refractivity contribution in [3.05, 3.63) is 42.0 Å². The Balaban J connectivity index is 2.11. The third-order valence-corrected chi connectivity index (χ3v) is 4.11. The Kier molecular flexibility index (Phi) is 2.73. The molecule has 3 rings (SSSR count). The molecule has 100 valence electrons. The summed E-state index contributed by atoms with van der Waals surface area (Å²) in [7, 11) is 0. The second kappa shape index (κ2) is 4.19. The Hall–Kier alpha value is -1.64. The van der Waals surface area contributed by atoms with E-state index in [-0.39, 0.29) is 11.4 Å². The average Bonchev–Trinajstić information content (AvgIpc) is 3.13. The van der Waals surface area contributed by atoms with Crippen LogP contribution in [0.15, 0.2) is 30.5 Å². The zero-order valence-corrected chi connectivity index (χ0v) is 11.7. The molecule has 1 aromatic heterocycles. The Morgan fingerprint density at radius 1 is 1.32 bits per heavy atom. The van der Waals surface area contributed by atoms with E-state index in [2.05, 4.69) is 29.6 Å². The average molecular weight is 258 g/mol. The predicted octanol–water partition coefficient (Wildman–Crippen LogP) is 4.14. The molecule has 1 aliphatic carbocycles. The molecular formula is C16H19FN2. The third kappa shape index (κ3) is 2.18. The summed E-state index contributed by atoms with van der Waals surface area (Å²) in [5, 5.41) is 0. The van der Waals surface area contributed by atoms with Crippen molar-refractivity contribution in [2.45, 2.75) is 39.2 Å². The second-order valence-corrected chi connectivity index (χ2v) is 6.01. The summed E-state index contributed by atoms with van der Waals surface area (Å²) in [6.07, 6.45) is 4.62. The number of rotatable bonds is 3. The molecular weight excluding hydrogens is 239 g/mol. The lowest BCUT2D eigenvalue weighted by Crippen LogP contribution is -2.28. The minimum atomic E-state index is -0.214. The number of aryl methyl sites for hydroxylation is 1. The van der Waals surface area contributed by atoms with Gasteiger partial charge in [-0.25, -0.2) is 9.37 Å². The first-order chi connectivity index (χ1) is 8.98. The quantitative estimate of drug-likeness (QED) is 0.809. The smallest absolute Gasteiger partial charge is 0.140 e. The molecule has 3 heteroatoms. The fraction of sp³-hybridized carbons (Fsp3) is 0.438. The molecule has 2 aromatic rings. The van der Waals surface area contributed by atoms with Crippen LogP contribution in [0.3, 0.4) is 0 Å². The number of imidazole rings is 1. The largest absolute Gasteiger partial charge is 0.325 e. The zero-order chi connectivity index (χ0) is 13.6. The topological polar surface area (TPSA) is 17.8 Å². The maximum atomic E-state index is 13.4. The summed E-state index contributed by atoms with van der Waals surface area (Å²) in [4.78, 5) is 4.59. The molecule has 0 spiro atoms. The number of nitrogens with zero attached hydrogens (tertiary/aromatic N) is 2. The Morgan fingerprint density at radius 3 is 2.68 bits per heavy atom. The van der Waals surface area contributed by atoms with Crippen molar-refractivity contribution in [1.82, 2.24) is 9.55 Å². The van der Waals surface area contributed by atoms with Gasteiger partial charge in [0, 0.05) is 17.3 Å². The molecule has 1 aliphatic rings. The number of halogens is 1. The van der Waals surface area contributed by atoms with Crippen LogP contribution in [-0.2, 0) is 5.54 Å². The van der Waals surface area contributed by atoms with Crippen molar-refractivity contribution in [1.29, 1.82) is 0 Å². The monoisotopic (exact) mass is 258 g/mol.